The third-order valence-electron chi connectivity index (χ3n) is 8.65. The standard InChI is InChI=1S/C32H34ClF4N5O4/c1-39-29(43)12-11-28(38-39)41-18-24(23-10-9-22(46-2)16-26(23)34)25(19-41)31(45)40-13-3-4-27(20-5-7-21(33)8-6-20)42(15-14-40)30(44)17-32(35,36)37/h5-12,16,24-25,27H,3-4,13-15,17-19H2,1-2H3/t24?,25-,27?/m1/s1. The van der Waals surface area contributed by atoms with Gasteiger partial charge in [-0.15, -0.1) is 0 Å². The van der Waals surface area contributed by atoms with E-state index in [4.69, 9.17) is 16.3 Å². The van der Waals surface area contributed by atoms with Crippen LogP contribution in [0.4, 0.5) is 23.4 Å². The smallest absolute Gasteiger partial charge is 0.397 e. The summed E-state index contributed by atoms with van der Waals surface area (Å²) in [5.74, 6) is -2.51. The number of benzene rings is 2. The fourth-order valence-electron chi connectivity index (χ4n) is 6.34. The summed E-state index contributed by atoms with van der Waals surface area (Å²) < 4.78 is 61.8. The molecule has 2 aliphatic heterocycles. The van der Waals surface area contributed by atoms with Gasteiger partial charge in [0, 0.05) is 62.8 Å². The first-order chi connectivity index (χ1) is 21.8. The molecule has 0 saturated carbocycles. The molecule has 2 saturated heterocycles. The van der Waals surface area contributed by atoms with Gasteiger partial charge >= 0.3 is 6.18 Å². The van der Waals surface area contributed by atoms with Crippen LogP contribution >= 0.6 is 11.6 Å². The topological polar surface area (TPSA) is 88.0 Å². The lowest BCUT2D eigenvalue weighted by atomic mass is 9.87. The number of halogens is 5. The van der Waals surface area contributed by atoms with Crippen molar-refractivity contribution in [2.75, 3.05) is 44.7 Å². The minimum absolute atomic E-state index is 0.00107. The van der Waals surface area contributed by atoms with Crippen LogP contribution in [0.2, 0.25) is 5.02 Å². The normalized spacial score (nSPS) is 20.8. The molecule has 1 aromatic heterocycles. The van der Waals surface area contributed by atoms with Gasteiger partial charge in [0.15, 0.2) is 0 Å². The molecule has 2 aromatic carbocycles. The minimum atomic E-state index is -4.70. The van der Waals surface area contributed by atoms with E-state index in [2.05, 4.69) is 5.10 Å². The predicted molar refractivity (Wildman–Crippen MR) is 163 cm³/mol. The third-order valence-corrected chi connectivity index (χ3v) is 8.90. The van der Waals surface area contributed by atoms with E-state index < -0.39 is 42.2 Å². The van der Waals surface area contributed by atoms with E-state index in [1.54, 1.807) is 47.4 Å². The summed E-state index contributed by atoms with van der Waals surface area (Å²) in [5, 5.41) is 4.77. The van der Waals surface area contributed by atoms with E-state index in [9.17, 15) is 27.6 Å². The number of amides is 2. The Morgan fingerprint density at radius 2 is 1.76 bits per heavy atom. The molecule has 0 spiro atoms. The van der Waals surface area contributed by atoms with Crippen LogP contribution in [-0.4, -0.2) is 77.4 Å². The molecule has 0 radical (unpaired) electrons. The van der Waals surface area contributed by atoms with Gasteiger partial charge in [0.1, 0.15) is 23.8 Å². The Morgan fingerprint density at radius 1 is 1.02 bits per heavy atom. The van der Waals surface area contributed by atoms with Crippen molar-refractivity contribution in [3.63, 3.8) is 0 Å². The molecule has 46 heavy (non-hydrogen) atoms. The maximum atomic E-state index is 15.4. The van der Waals surface area contributed by atoms with Crippen molar-refractivity contribution in [3.8, 4) is 5.75 Å². The van der Waals surface area contributed by atoms with Gasteiger partial charge in [-0.05, 0) is 48.2 Å². The fourth-order valence-corrected chi connectivity index (χ4v) is 6.46. The van der Waals surface area contributed by atoms with E-state index in [1.165, 1.54) is 35.9 Å². The number of hydrogen-bond donors (Lipinski definition) is 0. The molecule has 5 rings (SSSR count). The predicted octanol–water partition coefficient (Wildman–Crippen LogP) is 4.95. The lowest BCUT2D eigenvalue weighted by molar-refractivity contribution is -0.164. The Bertz CT molecular complexity index is 1630. The number of carbonyl (C=O) groups is 2. The number of aromatic nitrogens is 2. The minimum Gasteiger partial charge on any atom is -0.497 e. The molecule has 14 heteroatoms. The summed E-state index contributed by atoms with van der Waals surface area (Å²) >= 11 is 6.03. The quantitative estimate of drug-likeness (QED) is 0.347. The van der Waals surface area contributed by atoms with Crippen LogP contribution in [0.3, 0.4) is 0 Å². The molecule has 3 heterocycles. The molecule has 246 valence electrons. The monoisotopic (exact) mass is 663 g/mol. The van der Waals surface area contributed by atoms with Crippen molar-refractivity contribution >= 4 is 29.2 Å². The van der Waals surface area contributed by atoms with Gasteiger partial charge in [0.05, 0.1) is 19.1 Å². The van der Waals surface area contributed by atoms with Gasteiger partial charge in [-0.25, -0.2) is 9.07 Å². The Balaban J connectivity index is 1.43. The summed E-state index contributed by atoms with van der Waals surface area (Å²) in [5.41, 5.74) is 0.657. The molecule has 2 unspecified atom stereocenters. The van der Waals surface area contributed by atoms with Gasteiger partial charge in [-0.3, -0.25) is 14.4 Å². The van der Waals surface area contributed by atoms with Crippen LogP contribution in [-0.2, 0) is 16.6 Å². The highest BCUT2D eigenvalue weighted by molar-refractivity contribution is 6.30. The van der Waals surface area contributed by atoms with Gasteiger partial charge in [0.25, 0.3) is 5.56 Å². The van der Waals surface area contributed by atoms with Crippen LogP contribution < -0.4 is 15.2 Å². The first-order valence-electron chi connectivity index (χ1n) is 14.9. The zero-order chi connectivity index (χ0) is 33.2. The highest BCUT2D eigenvalue weighted by atomic mass is 35.5. The van der Waals surface area contributed by atoms with E-state index in [0.717, 1.165) is 0 Å². The summed E-state index contributed by atoms with van der Waals surface area (Å²) in [6.07, 6.45) is -5.58. The lowest BCUT2D eigenvalue weighted by Crippen LogP contribution is -2.48. The van der Waals surface area contributed by atoms with Crippen LogP contribution in [0.5, 0.6) is 5.75 Å². The number of hydrogen-bond acceptors (Lipinski definition) is 6. The van der Waals surface area contributed by atoms with Crippen LogP contribution in [0.1, 0.15) is 42.3 Å². The largest absolute Gasteiger partial charge is 0.497 e. The Hall–Kier alpha value is -4.13. The number of alkyl halides is 3. The summed E-state index contributed by atoms with van der Waals surface area (Å²) in [7, 11) is 2.93. The number of ether oxygens (including phenoxy) is 1. The van der Waals surface area contributed by atoms with Gasteiger partial charge in [0.2, 0.25) is 11.8 Å². The summed E-state index contributed by atoms with van der Waals surface area (Å²) in [4.78, 5) is 43.8. The second kappa shape index (κ2) is 13.7. The van der Waals surface area contributed by atoms with Crippen molar-refractivity contribution in [2.24, 2.45) is 13.0 Å². The molecule has 2 fully saturated rings. The van der Waals surface area contributed by atoms with Gasteiger partial charge in [-0.2, -0.15) is 18.3 Å². The Kier molecular flexibility index (Phi) is 9.90. The molecule has 3 aromatic rings. The van der Waals surface area contributed by atoms with E-state index >= 15 is 4.39 Å². The first kappa shape index (κ1) is 33.2. The van der Waals surface area contributed by atoms with Gasteiger partial charge in [-0.1, -0.05) is 29.8 Å². The average molecular weight is 664 g/mol. The number of aryl methyl sites for hydroxylation is 1. The van der Waals surface area contributed by atoms with Crippen LogP contribution in [0.25, 0.3) is 0 Å². The second-order valence-corrected chi connectivity index (χ2v) is 12.0. The molecule has 9 nitrogen and oxygen atoms in total. The number of carbonyl (C=O) groups excluding carboxylic acids is 2. The zero-order valence-corrected chi connectivity index (χ0v) is 26.1. The van der Waals surface area contributed by atoms with Gasteiger partial charge < -0.3 is 19.4 Å². The highest BCUT2D eigenvalue weighted by Gasteiger charge is 2.43. The molecule has 2 aliphatic rings. The molecular formula is C32H34ClF4N5O4. The number of nitrogens with zero attached hydrogens (tertiary/aromatic N) is 5. The Labute approximate surface area is 268 Å². The first-order valence-corrected chi connectivity index (χ1v) is 15.3. The van der Waals surface area contributed by atoms with Crippen molar-refractivity contribution in [1.82, 2.24) is 19.6 Å². The molecule has 3 atom stereocenters. The average Bonchev–Trinajstić information content (AvgIpc) is 3.43. The molecule has 0 N–H and O–H groups in total. The van der Waals surface area contributed by atoms with Crippen LogP contribution in [0.15, 0.2) is 59.4 Å². The number of methoxy groups -OCH3 is 1. The zero-order valence-electron chi connectivity index (χ0n) is 25.3. The van der Waals surface area contributed by atoms with E-state index in [-0.39, 0.29) is 37.6 Å². The van der Waals surface area contributed by atoms with E-state index in [1.807, 2.05) is 4.90 Å². The SMILES string of the molecule is COc1ccc(C2CN(c3ccc(=O)n(C)n3)C[C@H]2C(=O)N2CCCC(c3ccc(Cl)cc3)N(C(=O)CC(F)(F)F)CC2)c(F)c1. The maximum Gasteiger partial charge on any atom is 0.397 e. The van der Waals surface area contributed by atoms with Crippen molar-refractivity contribution in [3.05, 3.63) is 86.9 Å². The summed E-state index contributed by atoms with van der Waals surface area (Å²) in [6.45, 7) is 0.582. The van der Waals surface area contributed by atoms with Crippen molar-refractivity contribution < 1.29 is 31.9 Å². The number of anilines is 1. The van der Waals surface area contributed by atoms with Crippen molar-refractivity contribution in [1.29, 1.82) is 0 Å². The van der Waals surface area contributed by atoms with E-state index in [0.29, 0.717) is 47.1 Å². The molecule has 2 amide bonds. The molecule has 0 aliphatic carbocycles. The Morgan fingerprint density at radius 3 is 2.41 bits per heavy atom. The second-order valence-electron chi connectivity index (χ2n) is 11.6. The van der Waals surface area contributed by atoms with Crippen molar-refractivity contribution in [2.45, 2.75) is 37.4 Å². The number of rotatable bonds is 6. The third kappa shape index (κ3) is 7.46. The molecular weight excluding hydrogens is 630 g/mol. The fraction of sp³-hybridized carbons (Fsp3) is 0.438. The molecule has 0 bridgehead atoms. The highest BCUT2D eigenvalue weighted by Crippen LogP contribution is 2.39. The van der Waals surface area contributed by atoms with Crippen LogP contribution in [0, 0.1) is 11.7 Å². The summed E-state index contributed by atoms with van der Waals surface area (Å²) in [6, 6.07) is 13.4. The maximum absolute atomic E-state index is 15.4. The lowest BCUT2D eigenvalue weighted by Gasteiger charge is -2.38.